The van der Waals surface area contributed by atoms with Crippen LogP contribution in [0.4, 0.5) is 0 Å². The number of fused-ring (bicyclic) bond motifs is 1. The maximum atomic E-state index is 5.45. The third-order valence-corrected chi connectivity index (χ3v) is 4.05. The fourth-order valence-corrected chi connectivity index (χ4v) is 2.69. The summed E-state index contributed by atoms with van der Waals surface area (Å²) < 4.78 is 10.8. The number of nitrogens with one attached hydrogen (secondary N) is 1. The number of rotatable bonds is 5. The number of hydrogen-bond acceptors (Lipinski definition) is 4. The highest BCUT2D eigenvalue weighted by Crippen LogP contribution is 2.32. The second-order valence-corrected chi connectivity index (χ2v) is 5.98. The zero-order valence-electron chi connectivity index (χ0n) is 15.0. The summed E-state index contributed by atoms with van der Waals surface area (Å²) in [4.78, 5) is 11.2. The standard InChI is InChI=1S/C19H24N4O2/c1-4-20-19(22-11-16-14(2)6-5-9-21-16)23(3)12-15-7-8-17-18(10-15)25-13-24-17/h5-10H,4,11-13H2,1-3H3,(H,20,22). The number of aryl methyl sites for hydroxylation is 1. The van der Waals surface area contributed by atoms with Crippen molar-refractivity contribution in [2.75, 3.05) is 20.4 Å². The molecule has 0 saturated carbocycles. The Bertz CT molecular complexity index is 761. The molecule has 0 radical (unpaired) electrons. The van der Waals surface area contributed by atoms with Crippen LogP contribution in [0.15, 0.2) is 41.5 Å². The van der Waals surface area contributed by atoms with Gasteiger partial charge in [0.2, 0.25) is 6.79 Å². The van der Waals surface area contributed by atoms with E-state index in [2.05, 4.69) is 41.2 Å². The third kappa shape index (κ3) is 4.21. The average Bonchev–Trinajstić information content (AvgIpc) is 3.07. The van der Waals surface area contributed by atoms with E-state index in [1.807, 2.05) is 25.2 Å². The second kappa shape index (κ2) is 7.88. The second-order valence-electron chi connectivity index (χ2n) is 5.98. The summed E-state index contributed by atoms with van der Waals surface area (Å²) in [6.45, 7) is 6.51. The summed E-state index contributed by atoms with van der Waals surface area (Å²) in [5.74, 6) is 2.46. The zero-order chi connectivity index (χ0) is 17.6. The quantitative estimate of drug-likeness (QED) is 0.670. The van der Waals surface area contributed by atoms with E-state index in [0.29, 0.717) is 13.3 Å². The smallest absolute Gasteiger partial charge is 0.231 e. The fourth-order valence-electron chi connectivity index (χ4n) is 2.69. The molecule has 2 heterocycles. The lowest BCUT2D eigenvalue weighted by Gasteiger charge is -2.22. The molecule has 25 heavy (non-hydrogen) atoms. The van der Waals surface area contributed by atoms with Crippen molar-refractivity contribution in [3.8, 4) is 11.5 Å². The Labute approximate surface area is 148 Å². The van der Waals surface area contributed by atoms with Crippen LogP contribution in [-0.4, -0.2) is 36.2 Å². The van der Waals surface area contributed by atoms with E-state index in [0.717, 1.165) is 47.4 Å². The Morgan fingerprint density at radius 1 is 1.28 bits per heavy atom. The van der Waals surface area contributed by atoms with E-state index < -0.39 is 0 Å². The molecule has 0 fully saturated rings. The first-order valence-electron chi connectivity index (χ1n) is 8.46. The number of aromatic nitrogens is 1. The van der Waals surface area contributed by atoms with E-state index in [-0.39, 0.29) is 0 Å². The van der Waals surface area contributed by atoms with Gasteiger partial charge in [0.25, 0.3) is 0 Å². The molecule has 1 aromatic heterocycles. The highest BCUT2D eigenvalue weighted by atomic mass is 16.7. The highest BCUT2D eigenvalue weighted by molar-refractivity contribution is 5.79. The molecular weight excluding hydrogens is 316 g/mol. The largest absolute Gasteiger partial charge is 0.454 e. The van der Waals surface area contributed by atoms with Crippen LogP contribution in [-0.2, 0) is 13.1 Å². The van der Waals surface area contributed by atoms with Crippen molar-refractivity contribution in [2.24, 2.45) is 4.99 Å². The van der Waals surface area contributed by atoms with Crippen LogP contribution in [0, 0.1) is 6.92 Å². The molecule has 0 unspecified atom stereocenters. The van der Waals surface area contributed by atoms with Gasteiger partial charge in [-0.3, -0.25) is 4.98 Å². The summed E-state index contributed by atoms with van der Waals surface area (Å²) in [6, 6.07) is 10.0. The van der Waals surface area contributed by atoms with Crippen molar-refractivity contribution >= 4 is 5.96 Å². The number of benzene rings is 1. The highest BCUT2D eigenvalue weighted by Gasteiger charge is 2.14. The van der Waals surface area contributed by atoms with Gasteiger partial charge < -0.3 is 19.7 Å². The molecule has 1 aromatic carbocycles. The van der Waals surface area contributed by atoms with Crippen molar-refractivity contribution in [3.05, 3.63) is 53.3 Å². The Balaban J connectivity index is 1.71. The van der Waals surface area contributed by atoms with Crippen LogP contribution in [0.1, 0.15) is 23.7 Å². The van der Waals surface area contributed by atoms with Crippen molar-refractivity contribution in [1.82, 2.24) is 15.2 Å². The Morgan fingerprint density at radius 3 is 2.92 bits per heavy atom. The van der Waals surface area contributed by atoms with E-state index in [9.17, 15) is 0 Å². The van der Waals surface area contributed by atoms with Crippen molar-refractivity contribution in [2.45, 2.75) is 26.9 Å². The van der Waals surface area contributed by atoms with Crippen molar-refractivity contribution < 1.29 is 9.47 Å². The van der Waals surface area contributed by atoms with Crippen LogP contribution in [0.5, 0.6) is 11.5 Å². The maximum absolute atomic E-state index is 5.45. The van der Waals surface area contributed by atoms with Gasteiger partial charge in [-0.05, 0) is 43.2 Å². The van der Waals surface area contributed by atoms with Crippen molar-refractivity contribution in [3.63, 3.8) is 0 Å². The first-order chi connectivity index (χ1) is 12.2. The van der Waals surface area contributed by atoms with Crippen LogP contribution in [0.2, 0.25) is 0 Å². The monoisotopic (exact) mass is 340 g/mol. The molecule has 0 atom stereocenters. The number of nitrogens with zero attached hydrogens (tertiary/aromatic N) is 3. The predicted molar refractivity (Wildman–Crippen MR) is 97.8 cm³/mol. The number of guanidine groups is 1. The van der Waals surface area contributed by atoms with Crippen LogP contribution >= 0.6 is 0 Å². The van der Waals surface area contributed by atoms with Gasteiger partial charge in [-0.2, -0.15) is 0 Å². The first kappa shape index (κ1) is 17.1. The van der Waals surface area contributed by atoms with Crippen LogP contribution < -0.4 is 14.8 Å². The Morgan fingerprint density at radius 2 is 2.12 bits per heavy atom. The molecule has 3 rings (SSSR count). The molecule has 1 aliphatic heterocycles. The average molecular weight is 340 g/mol. The fraction of sp³-hybridized carbons (Fsp3) is 0.368. The molecule has 0 bridgehead atoms. The SMILES string of the molecule is CCNC(=NCc1ncccc1C)N(C)Cc1ccc2c(c1)OCO2. The molecule has 1 aliphatic rings. The molecule has 0 spiro atoms. The minimum Gasteiger partial charge on any atom is -0.454 e. The number of aliphatic imine (C=N–C) groups is 1. The Kier molecular flexibility index (Phi) is 5.38. The van der Waals surface area contributed by atoms with Gasteiger partial charge in [-0.1, -0.05) is 12.1 Å². The molecule has 0 saturated heterocycles. The lowest BCUT2D eigenvalue weighted by Crippen LogP contribution is -2.38. The van der Waals surface area contributed by atoms with Gasteiger partial charge in [0.15, 0.2) is 17.5 Å². The van der Waals surface area contributed by atoms with Gasteiger partial charge in [0.1, 0.15) is 0 Å². The predicted octanol–water partition coefficient (Wildman–Crippen LogP) is 2.72. The lowest BCUT2D eigenvalue weighted by atomic mass is 10.2. The zero-order valence-corrected chi connectivity index (χ0v) is 15.0. The summed E-state index contributed by atoms with van der Waals surface area (Å²) in [6.07, 6.45) is 1.81. The normalized spacial score (nSPS) is 13.0. The van der Waals surface area contributed by atoms with E-state index in [4.69, 9.17) is 14.5 Å². The summed E-state index contributed by atoms with van der Waals surface area (Å²) in [5.41, 5.74) is 3.29. The van der Waals surface area contributed by atoms with E-state index >= 15 is 0 Å². The van der Waals surface area contributed by atoms with E-state index in [1.165, 1.54) is 0 Å². The minimum atomic E-state index is 0.294. The molecule has 6 nitrogen and oxygen atoms in total. The third-order valence-electron chi connectivity index (χ3n) is 4.05. The molecule has 6 heteroatoms. The molecule has 1 N–H and O–H groups in total. The topological polar surface area (TPSA) is 59.0 Å². The van der Waals surface area contributed by atoms with Gasteiger partial charge >= 0.3 is 0 Å². The lowest BCUT2D eigenvalue weighted by molar-refractivity contribution is 0.174. The molecular formula is C19H24N4O2. The van der Waals surface area contributed by atoms with Gasteiger partial charge in [-0.15, -0.1) is 0 Å². The van der Waals surface area contributed by atoms with Crippen LogP contribution in [0.3, 0.4) is 0 Å². The van der Waals surface area contributed by atoms with Crippen LogP contribution in [0.25, 0.3) is 0 Å². The Hall–Kier alpha value is -2.76. The molecule has 2 aromatic rings. The summed E-state index contributed by atoms with van der Waals surface area (Å²) in [5, 5.41) is 3.34. The first-order valence-corrected chi connectivity index (χ1v) is 8.46. The number of hydrogen-bond donors (Lipinski definition) is 1. The minimum absolute atomic E-state index is 0.294. The molecule has 132 valence electrons. The summed E-state index contributed by atoms with van der Waals surface area (Å²) >= 11 is 0. The maximum Gasteiger partial charge on any atom is 0.231 e. The molecule has 0 amide bonds. The van der Waals surface area contributed by atoms with Gasteiger partial charge in [-0.25, -0.2) is 4.99 Å². The van der Waals surface area contributed by atoms with Crippen molar-refractivity contribution in [1.29, 1.82) is 0 Å². The number of pyridine rings is 1. The van der Waals surface area contributed by atoms with E-state index in [1.54, 1.807) is 6.20 Å². The molecule has 0 aliphatic carbocycles. The van der Waals surface area contributed by atoms with Gasteiger partial charge in [0, 0.05) is 26.3 Å². The number of ether oxygens (including phenoxy) is 2. The summed E-state index contributed by atoms with van der Waals surface area (Å²) in [7, 11) is 2.03. The van der Waals surface area contributed by atoms with Gasteiger partial charge in [0.05, 0.1) is 12.2 Å².